The summed E-state index contributed by atoms with van der Waals surface area (Å²) in [7, 11) is 1.64. The van der Waals surface area contributed by atoms with Crippen molar-refractivity contribution in [2.45, 2.75) is 13.1 Å². The lowest BCUT2D eigenvalue weighted by Gasteiger charge is -2.34. The Morgan fingerprint density at radius 2 is 1.93 bits per heavy atom. The van der Waals surface area contributed by atoms with Crippen LogP contribution < -0.4 is 10.1 Å². The zero-order valence-electron chi connectivity index (χ0n) is 16.2. The molecule has 0 bridgehead atoms. The molecule has 3 aromatic rings. The first-order valence-electron chi connectivity index (χ1n) is 9.54. The molecule has 0 spiro atoms. The number of carbonyl (C=O) groups is 1. The predicted molar refractivity (Wildman–Crippen MR) is 111 cm³/mol. The maximum atomic E-state index is 12.4. The third-order valence-corrected chi connectivity index (χ3v) is 5.25. The lowest BCUT2D eigenvalue weighted by molar-refractivity contribution is 0.129. The van der Waals surface area contributed by atoms with Crippen molar-refractivity contribution in [1.29, 1.82) is 0 Å². The van der Waals surface area contributed by atoms with E-state index in [9.17, 15) is 4.79 Å². The number of amides is 2. The molecule has 0 unspecified atom stereocenters. The number of aromatic nitrogens is 1. The smallest absolute Gasteiger partial charge is 0.317 e. The van der Waals surface area contributed by atoms with Crippen LogP contribution in [0.3, 0.4) is 0 Å². The first-order chi connectivity index (χ1) is 14.1. The molecule has 1 N–H and O–H groups in total. The monoisotopic (exact) mass is 414 g/mol. The number of nitrogens with zero attached hydrogens (tertiary/aromatic N) is 3. The van der Waals surface area contributed by atoms with Crippen LogP contribution in [0.25, 0.3) is 11.1 Å². The van der Waals surface area contributed by atoms with Crippen LogP contribution in [-0.4, -0.2) is 54.1 Å². The molecule has 7 nitrogen and oxygen atoms in total. The number of halogens is 1. The number of hydrogen-bond donors (Lipinski definition) is 1. The molecule has 1 aliphatic rings. The van der Waals surface area contributed by atoms with Crippen molar-refractivity contribution >= 4 is 28.7 Å². The van der Waals surface area contributed by atoms with Gasteiger partial charge in [0.25, 0.3) is 0 Å². The Bertz CT molecular complexity index is 981. The summed E-state index contributed by atoms with van der Waals surface area (Å²) >= 11 is 6.00. The number of nitrogens with one attached hydrogen (secondary N) is 1. The zero-order chi connectivity index (χ0) is 20.2. The van der Waals surface area contributed by atoms with E-state index in [0.717, 1.165) is 35.5 Å². The van der Waals surface area contributed by atoms with E-state index in [1.54, 1.807) is 19.2 Å². The number of rotatable bonds is 5. The van der Waals surface area contributed by atoms with Crippen molar-refractivity contribution in [3.63, 3.8) is 0 Å². The number of oxazole rings is 1. The van der Waals surface area contributed by atoms with Gasteiger partial charge >= 0.3 is 6.03 Å². The van der Waals surface area contributed by atoms with E-state index in [4.69, 9.17) is 20.8 Å². The number of urea groups is 1. The number of methoxy groups -OCH3 is 1. The SMILES string of the molecule is COc1ccc(CNC(=O)N2CCN(Cc3nc4cc(Cl)ccc4o3)CC2)cc1. The first kappa shape index (κ1) is 19.5. The van der Waals surface area contributed by atoms with E-state index in [2.05, 4.69) is 15.2 Å². The highest BCUT2D eigenvalue weighted by Gasteiger charge is 2.22. The molecule has 1 aliphatic heterocycles. The van der Waals surface area contributed by atoms with Crippen molar-refractivity contribution in [2.24, 2.45) is 0 Å². The summed E-state index contributed by atoms with van der Waals surface area (Å²) in [6, 6.07) is 13.1. The summed E-state index contributed by atoms with van der Waals surface area (Å²) < 4.78 is 10.9. The Morgan fingerprint density at radius 1 is 1.17 bits per heavy atom. The molecule has 152 valence electrons. The zero-order valence-corrected chi connectivity index (χ0v) is 17.0. The van der Waals surface area contributed by atoms with Crippen LogP contribution in [-0.2, 0) is 13.1 Å². The molecule has 2 heterocycles. The summed E-state index contributed by atoms with van der Waals surface area (Å²) in [6.45, 7) is 3.99. The fourth-order valence-electron chi connectivity index (χ4n) is 3.35. The van der Waals surface area contributed by atoms with E-state index in [1.807, 2.05) is 35.2 Å². The molecular formula is C21H23ClN4O3. The number of carbonyl (C=O) groups excluding carboxylic acids is 1. The van der Waals surface area contributed by atoms with Crippen LogP contribution in [0.5, 0.6) is 5.75 Å². The highest BCUT2D eigenvalue weighted by Crippen LogP contribution is 2.21. The van der Waals surface area contributed by atoms with Gasteiger partial charge in [-0.25, -0.2) is 9.78 Å². The van der Waals surface area contributed by atoms with Gasteiger partial charge in [-0.15, -0.1) is 0 Å². The van der Waals surface area contributed by atoms with Gasteiger partial charge in [0.2, 0.25) is 5.89 Å². The van der Waals surface area contributed by atoms with Gasteiger partial charge in [0.05, 0.1) is 13.7 Å². The minimum atomic E-state index is -0.0445. The van der Waals surface area contributed by atoms with Crippen molar-refractivity contribution in [2.75, 3.05) is 33.3 Å². The molecule has 2 aromatic carbocycles. The summed E-state index contributed by atoms with van der Waals surface area (Å²) in [5.74, 6) is 1.47. The Balaban J connectivity index is 1.25. The van der Waals surface area contributed by atoms with Crippen LogP contribution in [0.4, 0.5) is 4.79 Å². The molecule has 4 rings (SSSR count). The normalized spacial score (nSPS) is 14.9. The molecule has 29 heavy (non-hydrogen) atoms. The Morgan fingerprint density at radius 3 is 2.66 bits per heavy atom. The fourth-order valence-corrected chi connectivity index (χ4v) is 3.52. The fraction of sp³-hybridized carbons (Fsp3) is 0.333. The molecule has 1 saturated heterocycles. The van der Waals surface area contributed by atoms with Crippen molar-refractivity contribution in [1.82, 2.24) is 20.1 Å². The van der Waals surface area contributed by atoms with Crippen molar-refractivity contribution in [3.05, 3.63) is 58.9 Å². The van der Waals surface area contributed by atoms with E-state index in [0.29, 0.717) is 37.1 Å². The van der Waals surface area contributed by atoms with Crippen LogP contribution in [0, 0.1) is 0 Å². The Kier molecular flexibility index (Phi) is 5.87. The predicted octanol–water partition coefficient (Wildman–Crippen LogP) is 3.52. The quantitative estimate of drug-likeness (QED) is 0.691. The Hall–Kier alpha value is -2.77. The summed E-state index contributed by atoms with van der Waals surface area (Å²) in [5, 5.41) is 3.62. The van der Waals surface area contributed by atoms with Gasteiger partial charge in [0, 0.05) is 37.7 Å². The maximum absolute atomic E-state index is 12.4. The van der Waals surface area contributed by atoms with Crippen LogP contribution >= 0.6 is 11.6 Å². The molecule has 0 radical (unpaired) electrons. The second-order valence-electron chi connectivity index (χ2n) is 6.99. The minimum absolute atomic E-state index is 0.0445. The van der Waals surface area contributed by atoms with Crippen molar-refractivity contribution < 1.29 is 13.9 Å². The van der Waals surface area contributed by atoms with Gasteiger partial charge in [0.15, 0.2) is 5.58 Å². The molecule has 0 atom stereocenters. The largest absolute Gasteiger partial charge is 0.497 e. The van der Waals surface area contributed by atoms with Gasteiger partial charge < -0.3 is 19.4 Å². The molecule has 2 amide bonds. The van der Waals surface area contributed by atoms with Crippen LogP contribution in [0.2, 0.25) is 5.02 Å². The maximum Gasteiger partial charge on any atom is 0.317 e. The standard InChI is InChI=1S/C21H23ClN4O3/c1-28-17-5-2-15(3-6-17)13-23-21(27)26-10-8-25(9-11-26)14-20-24-18-12-16(22)4-7-19(18)29-20/h2-7,12H,8-11,13-14H2,1H3,(H,23,27). The van der Waals surface area contributed by atoms with E-state index in [1.165, 1.54) is 0 Å². The second-order valence-corrected chi connectivity index (χ2v) is 7.43. The van der Waals surface area contributed by atoms with Gasteiger partial charge in [-0.1, -0.05) is 23.7 Å². The lowest BCUT2D eigenvalue weighted by Crippen LogP contribution is -2.51. The first-order valence-corrected chi connectivity index (χ1v) is 9.91. The minimum Gasteiger partial charge on any atom is -0.497 e. The van der Waals surface area contributed by atoms with E-state index < -0.39 is 0 Å². The molecule has 0 saturated carbocycles. The molecule has 1 aromatic heterocycles. The van der Waals surface area contributed by atoms with Crippen molar-refractivity contribution in [3.8, 4) is 5.75 Å². The summed E-state index contributed by atoms with van der Waals surface area (Å²) in [5.41, 5.74) is 2.54. The topological polar surface area (TPSA) is 70.8 Å². The molecule has 0 aliphatic carbocycles. The van der Waals surface area contributed by atoms with Gasteiger partial charge in [-0.05, 0) is 35.9 Å². The Labute approximate surface area is 174 Å². The number of benzene rings is 2. The van der Waals surface area contributed by atoms with Gasteiger partial charge in [-0.3, -0.25) is 4.90 Å². The third-order valence-electron chi connectivity index (χ3n) is 5.02. The van der Waals surface area contributed by atoms with Crippen LogP contribution in [0.1, 0.15) is 11.5 Å². The average molecular weight is 415 g/mol. The highest BCUT2D eigenvalue weighted by molar-refractivity contribution is 6.31. The molecular weight excluding hydrogens is 392 g/mol. The number of hydrogen-bond acceptors (Lipinski definition) is 5. The van der Waals surface area contributed by atoms with E-state index >= 15 is 0 Å². The van der Waals surface area contributed by atoms with E-state index in [-0.39, 0.29) is 6.03 Å². The molecule has 8 heteroatoms. The number of piperazine rings is 1. The number of fused-ring (bicyclic) bond motifs is 1. The van der Waals surface area contributed by atoms with Crippen LogP contribution in [0.15, 0.2) is 46.9 Å². The van der Waals surface area contributed by atoms with Gasteiger partial charge in [-0.2, -0.15) is 0 Å². The second kappa shape index (κ2) is 8.71. The number of ether oxygens (including phenoxy) is 1. The molecule has 1 fully saturated rings. The highest BCUT2D eigenvalue weighted by atomic mass is 35.5. The summed E-state index contributed by atoms with van der Waals surface area (Å²) in [6.07, 6.45) is 0. The summed E-state index contributed by atoms with van der Waals surface area (Å²) in [4.78, 5) is 21.0. The third kappa shape index (κ3) is 4.81. The average Bonchev–Trinajstić information content (AvgIpc) is 3.14. The lowest BCUT2D eigenvalue weighted by atomic mass is 10.2. The van der Waals surface area contributed by atoms with Gasteiger partial charge in [0.1, 0.15) is 11.3 Å².